The minimum atomic E-state index is -3.61. The third-order valence-electron chi connectivity index (χ3n) is 5.22. The molecule has 8 heteroatoms. The molecule has 1 aliphatic heterocycles. The second kappa shape index (κ2) is 7.10. The van der Waals surface area contributed by atoms with Gasteiger partial charge >= 0.3 is 0 Å². The Labute approximate surface area is 165 Å². The highest BCUT2D eigenvalue weighted by Gasteiger charge is 2.32. The molecule has 148 valence electrons. The number of hydrogen-bond donors (Lipinski definition) is 0. The summed E-state index contributed by atoms with van der Waals surface area (Å²) in [6.07, 6.45) is 0. The summed E-state index contributed by atoms with van der Waals surface area (Å²) in [6.45, 7) is 3.86. The lowest BCUT2D eigenvalue weighted by Crippen LogP contribution is -2.49. The van der Waals surface area contributed by atoms with Crippen molar-refractivity contribution in [3.05, 3.63) is 48.0 Å². The van der Waals surface area contributed by atoms with E-state index in [1.54, 1.807) is 12.1 Å². The lowest BCUT2D eigenvalue weighted by atomic mass is 10.2. The predicted octanol–water partition coefficient (Wildman–Crippen LogP) is 2.40. The molecule has 0 atom stereocenters. The Balaban J connectivity index is 1.57. The molecule has 1 fully saturated rings. The Morgan fingerprint density at radius 3 is 2.43 bits per heavy atom. The van der Waals surface area contributed by atoms with Gasteiger partial charge in [0.25, 0.3) is 0 Å². The van der Waals surface area contributed by atoms with Crippen LogP contribution in [0, 0.1) is 6.92 Å². The van der Waals surface area contributed by atoms with Gasteiger partial charge < -0.3 is 14.2 Å². The fourth-order valence-corrected chi connectivity index (χ4v) is 5.33. The third kappa shape index (κ3) is 3.12. The van der Waals surface area contributed by atoms with Crippen LogP contribution in [0.5, 0.6) is 5.75 Å². The maximum absolute atomic E-state index is 13.2. The highest BCUT2D eigenvalue weighted by atomic mass is 32.2. The highest BCUT2D eigenvalue weighted by molar-refractivity contribution is 7.89. The lowest BCUT2D eigenvalue weighted by molar-refractivity contribution is 0.372. The third-order valence-corrected chi connectivity index (χ3v) is 7.14. The van der Waals surface area contributed by atoms with Crippen molar-refractivity contribution in [2.45, 2.75) is 11.8 Å². The second-order valence-electron chi connectivity index (χ2n) is 7.00. The van der Waals surface area contributed by atoms with Crippen LogP contribution in [0.2, 0.25) is 0 Å². The first-order valence-electron chi connectivity index (χ1n) is 9.23. The molecule has 0 N–H and O–H groups in total. The van der Waals surface area contributed by atoms with E-state index in [-0.39, 0.29) is 4.90 Å². The molecule has 2 aromatic carbocycles. The van der Waals surface area contributed by atoms with Crippen molar-refractivity contribution in [2.75, 3.05) is 38.2 Å². The van der Waals surface area contributed by atoms with Crippen molar-refractivity contribution >= 4 is 27.0 Å². The number of anilines is 1. The van der Waals surface area contributed by atoms with Crippen LogP contribution in [-0.2, 0) is 17.1 Å². The zero-order valence-electron chi connectivity index (χ0n) is 16.3. The Bertz CT molecular complexity index is 1120. The van der Waals surface area contributed by atoms with E-state index in [0.29, 0.717) is 31.9 Å². The first kappa shape index (κ1) is 18.8. The van der Waals surface area contributed by atoms with Crippen molar-refractivity contribution in [1.29, 1.82) is 0 Å². The van der Waals surface area contributed by atoms with Gasteiger partial charge in [0.1, 0.15) is 10.6 Å². The number of sulfonamides is 1. The minimum absolute atomic E-state index is 0.228. The van der Waals surface area contributed by atoms with E-state index >= 15 is 0 Å². The van der Waals surface area contributed by atoms with E-state index in [9.17, 15) is 8.42 Å². The number of ether oxygens (including phenoxy) is 1. The van der Waals surface area contributed by atoms with Gasteiger partial charge in [-0.3, -0.25) is 0 Å². The number of rotatable bonds is 4. The zero-order chi connectivity index (χ0) is 19.9. The van der Waals surface area contributed by atoms with E-state index in [1.165, 1.54) is 11.4 Å². The number of fused-ring (bicyclic) bond motifs is 1. The summed E-state index contributed by atoms with van der Waals surface area (Å²) >= 11 is 0. The number of methoxy groups -OCH3 is 1. The average Bonchev–Trinajstić information content (AvgIpc) is 3.05. The van der Waals surface area contributed by atoms with Gasteiger partial charge in [-0.25, -0.2) is 13.4 Å². The Hall–Kier alpha value is -2.58. The predicted molar refractivity (Wildman–Crippen MR) is 109 cm³/mol. The molecule has 7 nitrogen and oxygen atoms in total. The number of piperazine rings is 1. The number of aromatic nitrogens is 2. The van der Waals surface area contributed by atoms with Crippen LogP contribution in [0.1, 0.15) is 5.56 Å². The molecule has 0 spiro atoms. The normalized spacial score (nSPS) is 15.9. The number of aryl methyl sites for hydroxylation is 2. The summed E-state index contributed by atoms with van der Waals surface area (Å²) in [4.78, 5) is 7.09. The number of para-hydroxylation sites is 2. The highest BCUT2D eigenvalue weighted by Crippen LogP contribution is 2.29. The molecule has 28 heavy (non-hydrogen) atoms. The number of hydrogen-bond acceptors (Lipinski definition) is 5. The van der Waals surface area contributed by atoms with Crippen molar-refractivity contribution in [3.8, 4) is 5.75 Å². The first-order chi connectivity index (χ1) is 13.4. The molecule has 3 aromatic rings. The maximum Gasteiger partial charge on any atom is 0.246 e. The van der Waals surface area contributed by atoms with Crippen molar-refractivity contribution in [3.63, 3.8) is 0 Å². The molecule has 4 rings (SSSR count). The monoisotopic (exact) mass is 400 g/mol. The van der Waals surface area contributed by atoms with Crippen LogP contribution in [0.3, 0.4) is 0 Å². The van der Waals surface area contributed by atoms with Crippen LogP contribution in [0.4, 0.5) is 5.95 Å². The van der Waals surface area contributed by atoms with Crippen LogP contribution in [0.25, 0.3) is 11.0 Å². The fourth-order valence-electron chi connectivity index (χ4n) is 3.67. The van der Waals surface area contributed by atoms with E-state index in [4.69, 9.17) is 9.72 Å². The van der Waals surface area contributed by atoms with E-state index < -0.39 is 10.0 Å². The van der Waals surface area contributed by atoms with Gasteiger partial charge in [0.2, 0.25) is 16.0 Å². The van der Waals surface area contributed by atoms with Gasteiger partial charge in [-0.05, 0) is 36.8 Å². The Morgan fingerprint density at radius 1 is 1.04 bits per heavy atom. The van der Waals surface area contributed by atoms with Gasteiger partial charge in [0.15, 0.2) is 0 Å². The van der Waals surface area contributed by atoms with Crippen molar-refractivity contribution < 1.29 is 13.2 Å². The summed E-state index contributed by atoms with van der Waals surface area (Å²) in [5.41, 5.74) is 2.90. The van der Waals surface area contributed by atoms with Crippen LogP contribution in [0.15, 0.2) is 47.4 Å². The molecule has 0 bridgehead atoms. The molecule has 1 aliphatic rings. The van der Waals surface area contributed by atoms with Gasteiger partial charge in [0.05, 0.1) is 18.1 Å². The molecular weight excluding hydrogens is 376 g/mol. The smallest absolute Gasteiger partial charge is 0.246 e. The number of imidazole rings is 1. The Morgan fingerprint density at radius 2 is 1.75 bits per heavy atom. The van der Waals surface area contributed by atoms with E-state index in [0.717, 1.165) is 22.5 Å². The van der Waals surface area contributed by atoms with Crippen LogP contribution >= 0.6 is 0 Å². The molecular formula is C20H24N4O3S. The number of nitrogens with zero attached hydrogens (tertiary/aromatic N) is 4. The standard InChI is InChI=1S/C20H24N4O3S/c1-15-8-9-18(27-3)19(14-15)28(25,26)24-12-10-23(11-13-24)20-21-16-6-4-5-7-17(16)22(20)2/h4-9,14H,10-13H2,1-3H3. The topological polar surface area (TPSA) is 67.7 Å². The summed E-state index contributed by atoms with van der Waals surface area (Å²) in [5.74, 6) is 1.25. The minimum Gasteiger partial charge on any atom is -0.495 e. The molecule has 0 saturated carbocycles. The summed E-state index contributed by atoms with van der Waals surface area (Å²) in [6, 6.07) is 13.2. The largest absolute Gasteiger partial charge is 0.495 e. The average molecular weight is 401 g/mol. The second-order valence-corrected chi connectivity index (χ2v) is 8.91. The summed E-state index contributed by atoms with van der Waals surface area (Å²) in [7, 11) is -0.128. The van der Waals surface area contributed by atoms with E-state index in [1.807, 2.05) is 44.3 Å². The van der Waals surface area contributed by atoms with E-state index in [2.05, 4.69) is 9.47 Å². The van der Waals surface area contributed by atoms with Gasteiger partial charge in [-0.15, -0.1) is 0 Å². The van der Waals surface area contributed by atoms with Crippen molar-refractivity contribution in [2.24, 2.45) is 7.05 Å². The lowest BCUT2D eigenvalue weighted by Gasteiger charge is -2.34. The molecule has 1 aromatic heterocycles. The number of benzene rings is 2. The quantitative estimate of drug-likeness (QED) is 0.673. The summed E-state index contributed by atoms with van der Waals surface area (Å²) < 4.78 is 35.2. The van der Waals surface area contributed by atoms with Crippen molar-refractivity contribution in [1.82, 2.24) is 13.9 Å². The maximum atomic E-state index is 13.2. The Kier molecular flexibility index (Phi) is 4.76. The van der Waals surface area contributed by atoms with Gasteiger partial charge in [-0.2, -0.15) is 4.31 Å². The van der Waals surface area contributed by atoms with Crippen LogP contribution < -0.4 is 9.64 Å². The molecule has 0 amide bonds. The first-order valence-corrected chi connectivity index (χ1v) is 10.7. The summed E-state index contributed by atoms with van der Waals surface area (Å²) in [5, 5.41) is 0. The molecule has 0 aliphatic carbocycles. The van der Waals surface area contributed by atoms with Gasteiger partial charge in [-0.1, -0.05) is 18.2 Å². The zero-order valence-corrected chi connectivity index (χ0v) is 17.1. The molecule has 0 unspecified atom stereocenters. The van der Waals surface area contributed by atoms with Crippen LogP contribution in [-0.4, -0.2) is 55.6 Å². The molecule has 1 saturated heterocycles. The fraction of sp³-hybridized carbons (Fsp3) is 0.350. The van der Waals surface area contributed by atoms with Gasteiger partial charge in [0, 0.05) is 33.2 Å². The molecule has 2 heterocycles. The molecule has 0 radical (unpaired) electrons. The SMILES string of the molecule is COc1ccc(C)cc1S(=O)(=O)N1CCN(c2nc3ccccc3n2C)CC1.